The summed E-state index contributed by atoms with van der Waals surface area (Å²) in [5, 5.41) is 7.19. The van der Waals surface area contributed by atoms with E-state index in [4.69, 9.17) is 22.4 Å². The van der Waals surface area contributed by atoms with Crippen LogP contribution in [0, 0.1) is 0 Å². The lowest BCUT2D eigenvalue weighted by Gasteiger charge is -2.12. The smallest absolute Gasteiger partial charge is 0.219 e. The third-order valence-electron chi connectivity index (χ3n) is 1.07. The van der Waals surface area contributed by atoms with Crippen molar-refractivity contribution in [1.82, 2.24) is 4.98 Å². The molecule has 0 bridgehead atoms. The summed E-state index contributed by atoms with van der Waals surface area (Å²) in [5.74, 6) is 0. The molecule has 0 aliphatic heterocycles. The summed E-state index contributed by atoms with van der Waals surface area (Å²) in [6.45, 7) is 0. The maximum absolute atomic E-state index is 8.99. The molecule has 1 rings (SSSR count). The van der Waals surface area contributed by atoms with Gasteiger partial charge in [0.15, 0.2) is 0 Å². The van der Waals surface area contributed by atoms with E-state index in [9.17, 15) is 0 Å². The fourth-order valence-electron chi connectivity index (χ4n) is 0.570. The molecule has 0 fully saturated rings. The summed E-state index contributed by atoms with van der Waals surface area (Å²) in [4.78, 5) is 3.73. The van der Waals surface area contributed by atoms with E-state index >= 15 is 0 Å². The van der Waals surface area contributed by atoms with Crippen LogP contribution in [0.3, 0.4) is 0 Å². The second kappa shape index (κ2) is 2.54. The standard InChI is InChI=1S/C6H7ClN2O/c7-6(8,10)5-2-1-3-9-4-5/h1-4,10H,8H2. The van der Waals surface area contributed by atoms with E-state index in [1.807, 2.05) is 0 Å². The van der Waals surface area contributed by atoms with Crippen molar-refractivity contribution >= 4 is 11.6 Å². The van der Waals surface area contributed by atoms with Crippen molar-refractivity contribution in [3.05, 3.63) is 30.1 Å². The van der Waals surface area contributed by atoms with Crippen LogP contribution in [0.1, 0.15) is 5.56 Å². The molecule has 10 heavy (non-hydrogen) atoms. The average Bonchev–Trinajstić information content (AvgIpc) is 1.88. The van der Waals surface area contributed by atoms with Gasteiger partial charge in [-0.1, -0.05) is 17.7 Å². The van der Waals surface area contributed by atoms with Gasteiger partial charge >= 0.3 is 0 Å². The minimum Gasteiger partial charge on any atom is -0.359 e. The first-order chi connectivity index (χ1) is 4.61. The number of hydrogen-bond acceptors (Lipinski definition) is 3. The van der Waals surface area contributed by atoms with Gasteiger partial charge in [0.1, 0.15) is 0 Å². The molecule has 0 saturated heterocycles. The minimum absolute atomic E-state index is 0.386. The van der Waals surface area contributed by atoms with Crippen LogP contribution in [0.5, 0.6) is 0 Å². The van der Waals surface area contributed by atoms with Crippen molar-refractivity contribution in [2.24, 2.45) is 5.73 Å². The van der Waals surface area contributed by atoms with E-state index in [-0.39, 0.29) is 0 Å². The predicted molar refractivity (Wildman–Crippen MR) is 38.2 cm³/mol. The molecule has 0 aliphatic rings. The van der Waals surface area contributed by atoms with Gasteiger partial charge in [-0.15, -0.1) is 0 Å². The van der Waals surface area contributed by atoms with Crippen molar-refractivity contribution in [3.8, 4) is 0 Å². The quantitative estimate of drug-likeness (QED) is 0.353. The first-order valence-electron chi connectivity index (χ1n) is 2.71. The Morgan fingerprint density at radius 1 is 1.70 bits per heavy atom. The van der Waals surface area contributed by atoms with Crippen LogP contribution in [0.4, 0.5) is 0 Å². The van der Waals surface area contributed by atoms with Crippen molar-refractivity contribution in [1.29, 1.82) is 0 Å². The van der Waals surface area contributed by atoms with Crippen LogP contribution in [0.25, 0.3) is 0 Å². The Labute approximate surface area is 63.5 Å². The second-order valence-electron chi connectivity index (χ2n) is 1.92. The SMILES string of the molecule is NC(O)(Cl)c1cccnc1. The molecule has 3 nitrogen and oxygen atoms in total. The molecule has 4 heteroatoms. The van der Waals surface area contributed by atoms with E-state index in [0.717, 1.165) is 0 Å². The highest BCUT2D eigenvalue weighted by Gasteiger charge is 2.18. The Morgan fingerprint density at radius 2 is 2.40 bits per heavy atom. The van der Waals surface area contributed by atoms with Gasteiger partial charge in [0, 0.05) is 18.0 Å². The van der Waals surface area contributed by atoms with E-state index in [0.29, 0.717) is 5.56 Å². The molecule has 0 saturated carbocycles. The molecule has 1 atom stereocenters. The van der Waals surface area contributed by atoms with Crippen molar-refractivity contribution in [2.75, 3.05) is 0 Å². The summed E-state index contributed by atoms with van der Waals surface area (Å²) in [5.41, 5.74) is 5.52. The normalized spacial score (nSPS) is 16.3. The van der Waals surface area contributed by atoms with Crippen molar-refractivity contribution in [2.45, 2.75) is 5.18 Å². The molecule has 1 aromatic heterocycles. The van der Waals surface area contributed by atoms with E-state index in [2.05, 4.69) is 4.98 Å². The highest BCUT2D eigenvalue weighted by atomic mass is 35.5. The highest BCUT2D eigenvalue weighted by molar-refractivity contribution is 6.22. The van der Waals surface area contributed by atoms with E-state index < -0.39 is 5.18 Å². The average molecular weight is 159 g/mol. The van der Waals surface area contributed by atoms with Gasteiger partial charge in [0.05, 0.1) is 0 Å². The first-order valence-corrected chi connectivity index (χ1v) is 3.09. The molecule has 0 aromatic carbocycles. The third-order valence-corrected chi connectivity index (χ3v) is 1.28. The van der Waals surface area contributed by atoms with Gasteiger partial charge in [0.25, 0.3) is 0 Å². The summed E-state index contributed by atoms with van der Waals surface area (Å²) in [6, 6.07) is 3.25. The molecule has 1 heterocycles. The molecule has 3 N–H and O–H groups in total. The number of alkyl halides is 1. The summed E-state index contributed by atoms with van der Waals surface area (Å²) >= 11 is 5.35. The van der Waals surface area contributed by atoms with Gasteiger partial charge < -0.3 is 5.11 Å². The fraction of sp³-hybridized carbons (Fsp3) is 0.167. The molecule has 0 radical (unpaired) electrons. The van der Waals surface area contributed by atoms with Crippen LogP contribution in [-0.2, 0) is 5.18 Å². The maximum atomic E-state index is 8.99. The molecule has 54 valence electrons. The number of rotatable bonds is 1. The minimum atomic E-state index is -1.80. The molecule has 0 amide bonds. The third kappa shape index (κ3) is 1.67. The van der Waals surface area contributed by atoms with Gasteiger partial charge in [-0.05, 0) is 6.07 Å². The number of halogens is 1. The summed E-state index contributed by atoms with van der Waals surface area (Å²) in [6.07, 6.45) is 2.99. The van der Waals surface area contributed by atoms with Crippen LogP contribution in [-0.4, -0.2) is 10.1 Å². The number of hydrogen-bond donors (Lipinski definition) is 2. The number of aliphatic hydroxyl groups is 1. The number of aromatic nitrogens is 1. The Hall–Kier alpha value is -0.640. The number of pyridine rings is 1. The molecular formula is C6H7ClN2O. The fourth-order valence-corrected chi connectivity index (χ4v) is 0.682. The van der Waals surface area contributed by atoms with Crippen LogP contribution in [0.2, 0.25) is 0 Å². The van der Waals surface area contributed by atoms with Crippen molar-refractivity contribution in [3.63, 3.8) is 0 Å². The van der Waals surface area contributed by atoms with E-state index in [1.54, 1.807) is 18.3 Å². The predicted octanol–water partition coefficient (Wildman–Crippen LogP) is 0.382. The maximum Gasteiger partial charge on any atom is 0.219 e. The van der Waals surface area contributed by atoms with Crippen LogP contribution < -0.4 is 5.73 Å². The Balaban J connectivity index is 2.97. The zero-order chi connectivity index (χ0) is 7.61. The lowest BCUT2D eigenvalue weighted by molar-refractivity contribution is 0.136. The largest absolute Gasteiger partial charge is 0.359 e. The van der Waals surface area contributed by atoms with Crippen LogP contribution >= 0.6 is 11.6 Å². The molecule has 0 aliphatic carbocycles. The Kier molecular flexibility index (Phi) is 1.89. The van der Waals surface area contributed by atoms with Crippen LogP contribution in [0.15, 0.2) is 24.5 Å². The lowest BCUT2D eigenvalue weighted by Crippen LogP contribution is -2.29. The summed E-state index contributed by atoms with van der Waals surface area (Å²) < 4.78 is 0. The molecule has 0 spiro atoms. The van der Waals surface area contributed by atoms with Gasteiger partial charge in [-0.2, -0.15) is 0 Å². The van der Waals surface area contributed by atoms with Gasteiger partial charge in [-0.3, -0.25) is 10.7 Å². The Morgan fingerprint density at radius 3 is 2.70 bits per heavy atom. The summed E-state index contributed by atoms with van der Waals surface area (Å²) in [7, 11) is 0. The topological polar surface area (TPSA) is 59.1 Å². The van der Waals surface area contributed by atoms with E-state index in [1.165, 1.54) is 6.20 Å². The lowest BCUT2D eigenvalue weighted by atomic mass is 10.2. The monoisotopic (exact) mass is 158 g/mol. The molecule has 1 aromatic rings. The Bertz CT molecular complexity index is 207. The van der Waals surface area contributed by atoms with Gasteiger partial charge in [0.2, 0.25) is 5.18 Å². The highest BCUT2D eigenvalue weighted by Crippen LogP contribution is 2.16. The zero-order valence-electron chi connectivity index (χ0n) is 5.16. The molecular weight excluding hydrogens is 152 g/mol. The van der Waals surface area contributed by atoms with Crippen molar-refractivity contribution < 1.29 is 5.11 Å². The zero-order valence-corrected chi connectivity index (χ0v) is 5.92. The second-order valence-corrected chi connectivity index (χ2v) is 2.49. The number of nitrogens with zero attached hydrogens (tertiary/aromatic N) is 1. The number of nitrogens with two attached hydrogens (primary N) is 1. The van der Waals surface area contributed by atoms with Gasteiger partial charge in [-0.25, -0.2) is 0 Å². The molecule has 1 unspecified atom stereocenters. The first kappa shape index (κ1) is 7.47.